The number of sulfonamides is 1. The van der Waals surface area contributed by atoms with Crippen molar-refractivity contribution in [2.75, 3.05) is 4.72 Å². The number of aliphatic hydroxyl groups is 1. The number of hydrogen-bond donors (Lipinski definition) is 2. The molecule has 0 fully saturated rings. The van der Waals surface area contributed by atoms with E-state index >= 15 is 0 Å². The molecule has 6 heteroatoms. The van der Waals surface area contributed by atoms with Crippen LogP contribution in [-0.4, -0.2) is 13.5 Å². The molecule has 0 radical (unpaired) electrons. The fourth-order valence-corrected chi connectivity index (χ4v) is 3.06. The molecule has 2 aromatic rings. The van der Waals surface area contributed by atoms with Gasteiger partial charge in [-0.1, -0.05) is 25.1 Å². The van der Waals surface area contributed by atoms with Crippen molar-refractivity contribution < 1.29 is 17.9 Å². The third-order valence-electron chi connectivity index (χ3n) is 3.08. The summed E-state index contributed by atoms with van der Waals surface area (Å²) < 4.78 is 40.5. The van der Waals surface area contributed by atoms with Crippen molar-refractivity contribution in [1.29, 1.82) is 0 Å². The van der Waals surface area contributed by atoms with E-state index in [0.717, 1.165) is 24.1 Å². The Hall–Kier alpha value is -1.92. The average molecular weight is 309 g/mol. The summed E-state index contributed by atoms with van der Waals surface area (Å²) in [6.07, 6.45) is 0.847. The molecule has 0 heterocycles. The van der Waals surface area contributed by atoms with Gasteiger partial charge in [0.05, 0.1) is 6.61 Å². The first kappa shape index (κ1) is 15.5. The van der Waals surface area contributed by atoms with E-state index in [9.17, 15) is 12.8 Å². The van der Waals surface area contributed by atoms with Crippen molar-refractivity contribution in [3.8, 4) is 0 Å². The van der Waals surface area contributed by atoms with Gasteiger partial charge in [-0.05, 0) is 41.8 Å². The van der Waals surface area contributed by atoms with E-state index in [-0.39, 0.29) is 6.61 Å². The van der Waals surface area contributed by atoms with Crippen LogP contribution < -0.4 is 4.72 Å². The molecule has 0 atom stereocenters. The number of anilines is 1. The van der Waals surface area contributed by atoms with Gasteiger partial charge < -0.3 is 5.11 Å². The Morgan fingerprint density at radius 1 is 1.10 bits per heavy atom. The van der Waals surface area contributed by atoms with Crippen LogP contribution in [0, 0.1) is 5.82 Å². The lowest BCUT2D eigenvalue weighted by molar-refractivity contribution is 0.281. The van der Waals surface area contributed by atoms with Gasteiger partial charge in [0.25, 0.3) is 10.0 Å². The van der Waals surface area contributed by atoms with Crippen LogP contribution in [0.25, 0.3) is 0 Å². The summed E-state index contributed by atoms with van der Waals surface area (Å²) in [6.45, 7) is 1.64. The van der Waals surface area contributed by atoms with Crippen LogP contribution in [0.4, 0.5) is 10.1 Å². The summed E-state index contributed by atoms with van der Waals surface area (Å²) >= 11 is 0. The molecule has 0 aliphatic carbocycles. The van der Waals surface area contributed by atoms with Gasteiger partial charge in [0.1, 0.15) is 10.7 Å². The smallest absolute Gasteiger partial charge is 0.264 e. The predicted molar refractivity (Wildman–Crippen MR) is 79.0 cm³/mol. The first-order valence-corrected chi connectivity index (χ1v) is 7.95. The number of hydrogen-bond acceptors (Lipinski definition) is 3. The highest BCUT2D eigenvalue weighted by molar-refractivity contribution is 7.92. The zero-order valence-electron chi connectivity index (χ0n) is 11.5. The molecule has 0 saturated heterocycles. The lowest BCUT2D eigenvalue weighted by atomic mass is 10.2. The molecule has 0 bridgehead atoms. The summed E-state index contributed by atoms with van der Waals surface area (Å²) in [5.41, 5.74) is 1.77. The largest absolute Gasteiger partial charge is 0.392 e. The van der Waals surface area contributed by atoms with Gasteiger partial charge in [-0.15, -0.1) is 0 Å². The number of nitrogens with one attached hydrogen (secondary N) is 1. The molecule has 4 nitrogen and oxygen atoms in total. The highest BCUT2D eigenvalue weighted by Gasteiger charge is 2.19. The maximum Gasteiger partial charge on any atom is 0.264 e. The Labute approximate surface area is 123 Å². The molecule has 0 amide bonds. The van der Waals surface area contributed by atoms with Gasteiger partial charge in [0, 0.05) is 5.69 Å². The van der Waals surface area contributed by atoms with Crippen molar-refractivity contribution in [3.63, 3.8) is 0 Å². The van der Waals surface area contributed by atoms with E-state index in [0.29, 0.717) is 11.3 Å². The Morgan fingerprint density at radius 2 is 1.71 bits per heavy atom. The molecule has 2 N–H and O–H groups in total. The molecule has 0 aliphatic rings. The van der Waals surface area contributed by atoms with Crippen LogP contribution >= 0.6 is 0 Å². The molecule has 0 aromatic heterocycles. The molecular formula is C15H16FNO3S. The van der Waals surface area contributed by atoms with E-state index in [1.54, 1.807) is 24.3 Å². The minimum absolute atomic E-state index is 0.332. The Kier molecular flexibility index (Phi) is 4.59. The molecule has 112 valence electrons. The van der Waals surface area contributed by atoms with Gasteiger partial charge in [0.15, 0.2) is 0 Å². The molecule has 21 heavy (non-hydrogen) atoms. The molecule has 0 aliphatic heterocycles. The topological polar surface area (TPSA) is 66.4 Å². The summed E-state index contributed by atoms with van der Waals surface area (Å²) in [7, 11) is -4.03. The number of rotatable bonds is 5. The summed E-state index contributed by atoms with van der Waals surface area (Å²) in [4.78, 5) is -0.478. The van der Waals surface area contributed by atoms with Crippen molar-refractivity contribution in [2.45, 2.75) is 24.8 Å². The van der Waals surface area contributed by atoms with Gasteiger partial charge in [-0.3, -0.25) is 4.72 Å². The predicted octanol–water partition coefficient (Wildman–Crippen LogP) is 2.68. The highest BCUT2D eigenvalue weighted by Crippen LogP contribution is 2.20. The lowest BCUT2D eigenvalue weighted by Crippen LogP contribution is -2.15. The van der Waals surface area contributed by atoms with Crippen LogP contribution in [-0.2, 0) is 23.1 Å². The van der Waals surface area contributed by atoms with Crippen LogP contribution in [0.2, 0.25) is 0 Å². The normalized spacial score (nSPS) is 11.4. The number of halogens is 1. The number of benzene rings is 2. The van der Waals surface area contributed by atoms with Crippen molar-refractivity contribution in [3.05, 3.63) is 59.4 Å². The summed E-state index contributed by atoms with van der Waals surface area (Å²) in [6, 6.07) is 10.4. The van der Waals surface area contributed by atoms with E-state index < -0.39 is 20.7 Å². The fraction of sp³-hybridized carbons (Fsp3) is 0.200. The molecule has 2 rings (SSSR count). The van der Waals surface area contributed by atoms with Gasteiger partial charge >= 0.3 is 0 Å². The lowest BCUT2D eigenvalue weighted by Gasteiger charge is -2.10. The molecule has 0 saturated carbocycles. The maximum atomic E-state index is 13.7. The van der Waals surface area contributed by atoms with Crippen LogP contribution in [0.5, 0.6) is 0 Å². The third kappa shape index (κ3) is 3.59. The standard InChI is InChI=1S/C15H16FNO3S/c1-2-11-3-6-13(7-4-11)17-21(19,20)15-9-12(10-18)5-8-14(15)16/h3-9,17-18H,2,10H2,1H3. The second-order valence-corrected chi connectivity index (χ2v) is 6.23. The average Bonchev–Trinajstić information content (AvgIpc) is 2.48. The molecule has 2 aromatic carbocycles. The number of aliphatic hydroxyl groups excluding tert-OH is 1. The van der Waals surface area contributed by atoms with Crippen LogP contribution in [0.15, 0.2) is 47.4 Å². The van der Waals surface area contributed by atoms with E-state index in [2.05, 4.69) is 4.72 Å². The first-order valence-electron chi connectivity index (χ1n) is 6.47. The quantitative estimate of drug-likeness (QED) is 0.892. The fourth-order valence-electron chi connectivity index (χ4n) is 1.87. The second-order valence-electron chi connectivity index (χ2n) is 4.58. The second kappa shape index (κ2) is 6.24. The van der Waals surface area contributed by atoms with Crippen molar-refractivity contribution >= 4 is 15.7 Å². The molecule has 0 spiro atoms. The minimum Gasteiger partial charge on any atom is -0.392 e. The zero-order valence-corrected chi connectivity index (χ0v) is 12.3. The monoisotopic (exact) mass is 309 g/mol. The van der Waals surface area contributed by atoms with E-state index in [1.807, 2.05) is 6.92 Å². The van der Waals surface area contributed by atoms with Crippen molar-refractivity contribution in [1.82, 2.24) is 0 Å². The zero-order chi connectivity index (χ0) is 15.5. The highest BCUT2D eigenvalue weighted by atomic mass is 32.2. The van der Waals surface area contributed by atoms with E-state index in [1.165, 1.54) is 6.07 Å². The summed E-state index contributed by atoms with van der Waals surface area (Å²) in [5, 5.41) is 9.03. The third-order valence-corrected chi connectivity index (χ3v) is 4.48. The van der Waals surface area contributed by atoms with E-state index in [4.69, 9.17) is 5.11 Å². The van der Waals surface area contributed by atoms with Crippen LogP contribution in [0.3, 0.4) is 0 Å². The SMILES string of the molecule is CCc1ccc(NS(=O)(=O)c2cc(CO)ccc2F)cc1. The van der Waals surface area contributed by atoms with Crippen LogP contribution in [0.1, 0.15) is 18.1 Å². The molecule has 0 unspecified atom stereocenters. The van der Waals surface area contributed by atoms with Gasteiger partial charge in [-0.25, -0.2) is 12.8 Å². The van der Waals surface area contributed by atoms with Crippen molar-refractivity contribution in [2.24, 2.45) is 0 Å². The Morgan fingerprint density at radius 3 is 2.29 bits per heavy atom. The first-order chi connectivity index (χ1) is 9.96. The summed E-state index contributed by atoms with van der Waals surface area (Å²) in [5.74, 6) is -0.857. The number of aryl methyl sites for hydroxylation is 1. The molecular weight excluding hydrogens is 293 g/mol. The maximum absolute atomic E-state index is 13.7. The Bertz CT molecular complexity index is 727. The van der Waals surface area contributed by atoms with Gasteiger partial charge in [-0.2, -0.15) is 0 Å². The van der Waals surface area contributed by atoms with Gasteiger partial charge in [0.2, 0.25) is 0 Å². The Balaban J connectivity index is 2.33. The minimum atomic E-state index is -4.03.